The van der Waals surface area contributed by atoms with E-state index in [1.807, 2.05) is 36.5 Å². The van der Waals surface area contributed by atoms with Crippen LogP contribution in [0.1, 0.15) is 57.1 Å². The van der Waals surface area contributed by atoms with Gasteiger partial charge in [-0.15, -0.1) is 0 Å². The number of alkyl halides is 3. The van der Waals surface area contributed by atoms with E-state index in [4.69, 9.17) is 0 Å². The Kier molecular flexibility index (Phi) is 9.95. The van der Waals surface area contributed by atoms with E-state index in [0.717, 1.165) is 24.0 Å². The molecule has 1 aromatic carbocycles. The van der Waals surface area contributed by atoms with Crippen LogP contribution in [0.5, 0.6) is 0 Å². The summed E-state index contributed by atoms with van der Waals surface area (Å²) in [7, 11) is 0. The number of amides is 1. The van der Waals surface area contributed by atoms with Crippen molar-refractivity contribution in [2.45, 2.75) is 64.7 Å². The van der Waals surface area contributed by atoms with Crippen molar-refractivity contribution in [3.8, 4) is 11.8 Å². The quantitative estimate of drug-likeness (QED) is 0.495. The molecule has 3 nitrogen and oxygen atoms in total. The molecule has 0 aliphatic rings. The van der Waals surface area contributed by atoms with Crippen molar-refractivity contribution in [3.05, 3.63) is 35.4 Å². The highest BCUT2D eigenvalue weighted by atomic mass is 19.4. The lowest BCUT2D eigenvalue weighted by Crippen LogP contribution is -2.37. The van der Waals surface area contributed by atoms with Crippen molar-refractivity contribution < 1.29 is 23.1 Å². The third-order valence-corrected chi connectivity index (χ3v) is 4.25. The van der Waals surface area contributed by atoms with Gasteiger partial charge >= 0.3 is 12.1 Å². The zero-order chi connectivity index (χ0) is 20.3. The van der Waals surface area contributed by atoms with E-state index in [1.165, 1.54) is 0 Å². The molecule has 0 aromatic heterocycles. The lowest BCUT2D eigenvalue weighted by Gasteiger charge is -2.15. The van der Waals surface area contributed by atoms with Gasteiger partial charge in [-0.2, -0.15) is 13.2 Å². The van der Waals surface area contributed by atoms with E-state index in [1.54, 1.807) is 0 Å². The molecular formula is C21H28F3NO2. The zero-order valence-corrected chi connectivity index (χ0v) is 15.9. The highest BCUT2D eigenvalue weighted by molar-refractivity contribution is 5.81. The van der Waals surface area contributed by atoms with Crippen LogP contribution in [0.15, 0.2) is 24.3 Å². The van der Waals surface area contributed by atoms with Crippen LogP contribution in [0.4, 0.5) is 13.2 Å². The molecule has 0 spiro atoms. The molecule has 0 radical (unpaired) electrons. The fraction of sp³-hybridized carbons (Fsp3) is 0.571. The molecule has 0 saturated carbocycles. The average molecular weight is 383 g/mol. The number of aliphatic hydroxyl groups excluding tert-OH is 1. The van der Waals surface area contributed by atoms with Crippen molar-refractivity contribution in [1.29, 1.82) is 0 Å². The lowest BCUT2D eigenvalue weighted by molar-refractivity contribution is -0.173. The Labute approximate surface area is 159 Å². The van der Waals surface area contributed by atoms with Gasteiger partial charge in [-0.25, -0.2) is 0 Å². The maximum absolute atomic E-state index is 12.1. The van der Waals surface area contributed by atoms with Crippen molar-refractivity contribution in [2.75, 3.05) is 6.54 Å². The Morgan fingerprint density at radius 2 is 2.00 bits per heavy atom. The van der Waals surface area contributed by atoms with E-state index in [-0.39, 0.29) is 12.5 Å². The smallest absolute Gasteiger partial charge is 0.392 e. The highest BCUT2D eigenvalue weighted by Crippen LogP contribution is 2.15. The van der Waals surface area contributed by atoms with E-state index in [2.05, 4.69) is 18.8 Å². The number of rotatable bonds is 9. The fourth-order valence-electron chi connectivity index (χ4n) is 2.69. The maximum atomic E-state index is 12.1. The van der Waals surface area contributed by atoms with Gasteiger partial charge in [0.25, 0.3) is 0 Å². The fourth-order valence-corrected chi connectivity index (χ4v) is 2.69. The molecule has 0 aliphatic carbocycles. The number of nitrogens with one attached hydrogen (secondary N) is 1. The minimum Gasteiger partial charge on any atom is -0.392 e. The van der Waals surface area contributed by atoms with Crippen LogP contribution >= 0.6 is 0 Å². The Hall–Kier alpha value is -2.00. The number of aryl methyl sites for hydroxylation is 1. The van der Waals surface area contributed by atoms with Crippen molar-refractivity contribution in [2.24, 2.45) is 5.92 Å². The minimum absolute atomic E-state index is 0.00540. The molecule has 1 aromatic rings. The van der Waals surface area contributed by atoms with Crippen LogP contribution in [0, 0.1) is 17.8 Å². The zero-order valence-electron chi connectivity index (χ0n) is 15.9. The Balaban J connectivity index is 2.52. The van der Waals surface area contributed by atoms with E-state index < -0.39 is 18.2 Å². The number of hydrogen-bond donors (Lipinski definition) is 2. The van der Waals surface area contributed by atoms with Gasteiger partial charge in [0.15, 0.2) is 0 Å². The van der Waals surface area contributed by atoms with Gasteiger partial charge in [0, 0.05) is 18.0 Å². The van der Waals surface area contributed by atoms with Crippen molar-refractivity contribution in [3.63, 3.8) is 0 Å². The topological polar surface area (TPSA) is 49.3 Å². The third kappa shape index (κ3) is 8.96. The van der Waals surface area contributed by atoms with Crippen molar-refractivity contribution >= 4 is 5.91 Å². The first-order valence-electron chi connectivity index (χ1n) is 9.41. The Morgan fingerprint density at radius 3 is 2.63 bits per heavy atom. The van der Waals surface area contributed by atoms with Crippen LogP contribution in [0.2, 0.25) is 0 Å². The summed E-state index contributed by atoms with van der Waals surface area (Å²) in [4.78, 5) is 10.7. The summed E-state index contributed by atoms with van der Waals surface area (Å²) in [6, 6.07) is 7.71. The normalized spacial score (nSPS) is 13.4. The predicted molar refractivity (Wildman–Crippen MR) is 100 cm³/mol. The Bertz CT molecular complexity index is 647. The van der Waals surface area contributed by atoms with Gasteiger partial charge in [0.2, 0.25) is 0 Å². The molecule has 2 unspecified atom stereocenters. The van der Waals surface area contributed by atoms with Crippen LogP contribution in [-0.2, 0) is 11.2 Å². The number of carbonyl (C=O) groups is 1. The molecule has 0 fully saturated rings. The molecule has 150 valence electrons. The summed E-state index contributed by atoms with van der Waals surface area (Å²) in [5, 5.41) is 11.9. The average Bonchev–Trinajstić information content (AvgIpc) is 2.63. The SMILES string of the molecule is CCCC(C#Cc1cccc(CCCCNC(=O)C(F)(F)F)c1)C(O)CC. The summed E-state index contributed by atoms with van der Waals surface area (Å²) in [6.45, 7) is 4.01. The predicted octanol–water partition coefficient (Wildman–Crippen LogP) is 4.23. The van der Waals surface area contributed by atoms with Gasteiger partial charge in [-0.3, -0.25) is 4.79 Å². The maximum Gasteiger partial charge on any atom is 0.471 e. The molecule has 0 saturated heterocycles. The van der Waals surface area contributed by atoms with Gasteiger partial charge in [0.1, 0.15) is 0 Å². The van der Waals surface area contributed by atoms with Crippen LogP contribution < -0.4 is 5.32 Å². The lowest BCUT2D eigenvalue weighted by atomic mass is 9.95. The molecule has 2 N–H and O–H groups in total. The number of hydrogen-bond acceptors (Lipinski definition) is 2. The van der Waals surface area contributed by atoms with Gasteiger partial charge in [-0.1, -0.05) is 44.2 Å². The van der Waals surface area contributed by atoms with Gasteiger partial charge in [0.05, 0.1) is 6.10 Å². The van der Waals surface area contributed by atoms with Crippen LogP contribution in [-0.4, -0.2) is 29.8 Å². The summed E-state index contributed by atoms with van der Waals surface area (Å²) in [5.41, 5.74) is 1.91. The molecule has 27 heavy (non-hydrogen) atoms. The summed E-state index contributed by atoms with van der Waals surface area (Å²) >= 11 is 0. The second kappa shape index (κ2) is 11.7. The molecule has 1 amide bonds. The van der Waals surface area contributed by atoms with Crippen LogP contribution in [0.25, 0.3) is 0 Å². The third-order valence-electron chi connectivity index (χ3n) is 4.25. The molecule has 6 heteroatoms. The largest absolute Gasteiger partial charge is 0.471 e. The van der Waals surface area contributed by atoms with Gasteiger partial charge in [-0.05, 0) is 49.8 Å². The van der Waals surface area contributed by atoms with Crippen molar-refractivity contribution in [1.82, 2.24) is 5.32 Å². The monoisotopic (exact) mass is 383 g/mol. The van der Waals surface area contributed by atoms with E-state index in [0.29, 0.717) is 25.7 Å². The first-order chi connectivity index (χ1) is 12.8. The first-order valence-corrected chi connectivity index (χ1v) is 9.41. The van der Waals surface area contributed by atoms with E-state index in [9.17, 15) is 23.1 Å². The standard InChI is InChI=1S/C21H28F3NO2/c1-3-8-18(19(26)4-2)13-12-17-11-7-10-16(15-17)9-5-6-14-25-20(27)21(22,23)24/h7,10-11,15,18-19,26H,3-6,8-9,14H2,1-2H3,(H,25,27). The summed E-state index contributed by atoms with van der Waals surface area (Å²) < 4.78 is 36.2. The van der Waals surface area contributed by atoms with Gasteiger partial charge < -0.3 is 10.4 Å². The number of aliphatic hydroxyl groups is 1. The number of unbranched alkanes of at least 4 members (excludes halogenated alkanes) is 1. The second-order valence-electron chi connectivity index (χ2n) is 6.55. The molecule has 1 rings (SSSR count). The minimum atomic E-state index is -4.83. The number of halogens is 3. The molecular weight excluding hydrogens is 355 g/mol. The first kappa shape index (κ1) is 23.0. The second-order valence-corrected chi connectivity index (χ2v) is 6.55. The summed E-state index contributed by atoms with van der Waals surface area (Å²) in [6.07, 6.45) is -0.924. The molecule has 0 aliphatic heterocycles. The summed E-state index contributed by atoms with van der Waals surface area (Å²) in [5.74, 6) is 4.36. The highest BCUT2D eigenvalue weighted by Gasteiger charge is 2.38. The molecule has 0 heterocycles. The molecule has 0 bridgehead atoms. The van der Waals surface area contributed by atoms with E-state index >= 15 is 0 Å². The number of benzene rings is 1. The Morgan fingerprint density at radius 1 is 1.26 bits per heavy atom. The number of carbonyl (C=O) groups excluding carboxylic acids is 1. The molecule has 2 atom stereocenters. The van der Waals surface area contributed by atoms with Crippen LogP contribution in [0.3, 0.4) is 0 Å².